The summed E-state index contributed by atoms with van der Waals surface area (Å²) in [6.45, 7) is 3.33. The Kier molecular flexibility index (Phi) is 5.24. The molecule has 1 aliphatic rings. The number of hydrogen-bond acceptors (Lipinski definition) is 5. The lowest BCUT2D eigenvalue weighted by molar-refractivity contribution is 0.102. The van der Waals surface area contributed by atoms with E-state index in [1.165, 1.54) is 0 Å². The molecule has 1 aromatic heterocycles. The van der Waals surface area contributed by atoms with Gasteiger partial charge in [-0.05, 0) is 71.7 Å². The number of ether oxygens (including phenoxy) is 2. The second-order valence-corrected chi connectivity index (χ2v) is 6.31. The van der Waals surface area contributed by atoms with Crippen molar-refractivity contribution in [3.05, 3.63) is 38.8 Å². The molecule has 1 fully saturated rings. The molecule has 1 aromatic carbocycles. The van der Waals surface area contributed by atoms with Gasteiger partial charge >= 0.3 is 0 Å². The van der Waals surface area contributed by atoms with Gasteiger partial charge in [0.15, 0.2) is 5.82 Å². The van der Waals surface area contributed by atoms with Crippen molar-refractivity contribution < 1.29 is 9.47 Å². The van der Waals surface area contributed by atoms with E-state index in [0.29, 0.717) is 17.2 Å². The third-order valence-corrected chi connectivity index (χ3v) is 4.36. The van der Waals surface area contributed by atoms with E-state index in [-0.39, 0.29) is 6.10 Å². The standard InChI is InChI=1S/C15H17BrN4O2S/c1-2-21-12-6-5-10(8-11(12)16)9-17-20-14(18-19-15(20)23)13-4-3-7-22-13/h5-6,8-9,13H,2-4,7H2,1H3,(H,19,23)/b17-9-. The summed E-state index contributed by atoms with van der Waals surface area (Å²) in [5.74, 6) is 1.53. The molecule has 6 nitrogen and oxygen atoms in total. The summed E-state index contributed by atoms with van der Waals surface area (Å²) in [5, 5.41) is 11.5. The molecule has 0 radical (unpaired) electrons. The monoisotopic (exact) mass is 396 g/mol. The summed E-state index contributed by atoms with van der Waals surface area (Å²) in [4.78, 5) is 0. The zero-order valence-corrected chi connectivity index (χ0v) is 15.1. The SMILES string of the molecule is CCOc1ccc(/C=N\n2c(C3CCCO3)n[nH]c2=S)cc1Br. The smallest absolute Gasteiger partial charge is 0.216 e. The second kappa shape index (κ2) is 7.37. The molecule has 1 saturated heterocycles. The third kappa shape index (κ3) is 3.70. The first-order valence-corrected chi connectivity index (χ1v) is 8.64. The van der Waals surface area contributed by atoms with E-state index in [4.69, 9.17) is 21.7 Å². The van der Waals surface area contributed by atoms with Crippen molar-refractivity contribution in [2.45, 2.75) is 25.9 Å². The van der Waals surface area contributed by atoms with E-state index in [2.05, 4.69) is 31.2 Å². The Morgan fingerprint density at radius 3 is 3.17 bits per heavy atom. The molecule has 2 aromatic rings. The topological polar surface area (TPSA) is 64.4 Å². The number of aromatic amines is 1. The first kappa shape index (κ1) is 16.4. The lowest BCUT2D eigenvalue weighted by Gasteiger charge is -2.08. The fourth-order valence-corrected chi connectivity index (χ4v) is 3.10. The Labute approximate surface area is 147 Å². The van der Waals surface area contributed by atoms with Crippen LogP contribution in [0, 0.1) is 4.77 Å². The number of benzene rings is 1. The fraction of sp³-hybridized carbons (Fsp3) is 0.400. The molecular formula is C15H17BrN4O2S. The van der Waals surface area contributed by atoms with Crippen molar-refractivity contribution in [2.75, 3.05) is 13.2 Å². The van der Waals surface area contributed by atoms with Crippen molar-refractivity contribution in [3.8, 4) is 5.75 Å². The van der Waals surface area contributed by atoms with Crippen molar-refractivity contribution in [3.63, 3.8) is 0 Å². The summed E-state index contributed by atoms with van der Waals surface area (Å²) < 4.78 is 14.1. The van der Waals surface area contributed by atoms with Crippen LogP contribution in [0.5, 0.6) is 5.75 Å². The van der Waals surface area contributed by atoms with Crippen LogP contribution < -0.4 is 4.74 Å². The van der Waals surface area contributed by atoms with Crippen LogP contribution in [0.2, 0.25) is 0 Å². The first-order valence-electron chi connectivity index (χ1n) is 7.44. The average molecular weight is 397 g/mol. The van der Waals surface area contributed by atoms with Gasteiger partial charge in [-0.3, -0.25) is 5.10 Å². The van der Waals surface area contributed by atoms with Gasteiger partial charge in [0.1, 0.15) is 11.9 Å². The van der Waals surface area contributed by atoms with Gasteiger partial charge in [-0.2, -0.15) is 14.9 Å². The largest absolute Gasteiger partial charge is 0.493 e. The molecule has 8 heteroatoms. The highest BCUT2D eigenvalue weighted by atomic mass is 79.9. The van der Waals surface area contributed by atoms with Crippen LogP contribution in [0.25, 0.3) is 0 Å². The van der Waals surface area contributed by atoms with Gasteiger partial charge in [0.2, 0.25) is 4.77 Å². The Bertz CT molecular complexity index is 765. The van der Waals surface area contributed by atoms with Crippen molar-refractivity contribution in [2.24, 2.45) is 5.10 Å². The van der Waals surface area contributed by atoms with Crippen LogP contribution >= 0.6 is 28.1 Å². The Morgan fingerprint density at radius 2 is 2.48 bits per heavy atom. The van der Waals surface area contributed by atoms with Gasteiger partial charge in [-0.25, -0.2) is 0 Å². The maximum atomic E-state index is 5.66. The molecule has 2 heterocycles. The molecular weight excluding hydrogens is 380 g/mol. The van der Waals surface area contributed by atoms with Crippen LogP contribution in [0.1, 0.15) is 37.3 Å². The minimum atomic E-state index is -0.0489. The molecule has 3 rings (SSSR count). The van der Waals surface area contributed by atoms with E-state index in [0.717, 1.165) is 35.2 Å². The number of nitrogens with one attached hydrogen (secondary N) is 1. The quantitative estimate of drug-likeness (QED) is 0.615. The molecule has 1 N–H and O–H groups in total. The predicted molar refractivity (Wildman–Crippen MR) is 93.6 cm³/mol. The minimum absolute atomic E-state index is 0.0489. The molecule has 0 aliphatic carbocycles. The fourth-order valence-electron chi connectivity index (χ4n) is 2.40. The van der Waals surface area contributed by atoms with Gasteiger partial charge in [0.05, 0.1) is 17.3 Å². The molecule has 0 saturated carbocycles. The van der Waals surface area contributed by atoms with E-state index in [1.807, 2.05) is 25.1 Å². The van der Waals surface area contributed by atoms with Crippen LogP contribution in [0.4, 0.5) is 0 Å². The normalized spacial score (nSPS) is 17.9. The number of rotatable bonds is 5. The van der Waals surface area contributed by atoms with Crippen LogP contribution in [0.3, 0.4) is 0 Å². The van der Waals surface area contributed by atoms with Crippen molar-refractivity contribution in [1.82, 2.24) is 14.9 Å². The van der Waals surface area contributed by atoms with E-state index in [1.54, 1.807) is 10.9 Å². The summed E-state index contributed by atoms with van der Waals surface area (Å²) in [6, 6.07) is 5.79. The van der Waals surface area contributed by atoms with Gasteiger partial charge in [0.25, 0.3) is 0 Å². The molecule has 0 bridgehead atoms. The molecule has 0 amide bonds. The predicted octanol–water partition coefficient (Wildman–Crippen LogP) is 3.84. The van der Waals surface area contributed by atoms with Crippen LogP contribution in [-0.2, 0) is 4.74 Å². The lowest BCUT2D eigenvalue weighted by atomic mass is 10.2. The van der Waals surface area contributed by atoms with Gasteiger partial charge in [-0.15, -0.1) is 0 Å². The lowest BCUT2D eigenvalue weighted by Crippen LogP contribution is -2.05. The Hall–Kier alpha value is -1.51. The Morgan fingerprint density at radius 1 is 1.61 bits per heavy atom. The first-order chi connectivity index (χ1) is 11.2. The summed E-state index contributed by atoms with van der Waals surface area (Å²) in [6.07, 6.45) is 3.65. The van der Waals surface area contributed by atoms with Gasteiger partial charge < -0.3 is 9.47 Å². The number of halogens is 1. The highest BCUT2D eigenvalue weighted by Gasteiger charge is 2.23. The highest BCUT2D eigenvalue weighted by Crippen LogP contribution is 2.27. The average Bonchev–Trinajstić information content (AvgIpc) is 3.17. The Balaban J connectivity index is 1.84. The van der Waals surface area contributed by atoms with Crippen LogP contribution in [-0.4, -0.2) is 34.3 Å². The number of nitrogens with zero attached hydrogens (tertiary/aromatic N) is 3. The summed E-state index contributed by atoms with van der Waals surface area (Å²) in [7, 11) is 0. The van der Waals surface area contributed by atoms with E-state index in [9.17, 15) is 0 Å². The molecule has 1 aliphatic heterocycles. The molecule has 23 heavy (non-hydrogen) atoms. The maximum absolute atomic E-state index is 5.66. The van der Waals surface area contributed by atoms with Crippen molar-refractivity contribution in [1.29, 1.82) is 0 Å². The molecule has 1 atom stereocenters. The minimum Gasteiger partial charge on any atom is -0.493 e. The van der Waals surface area contributed by atoms with Gasteiger partial charge in [0, 0.05) is 6.61 Å². The maximum Gasteiger partial charge on any atom is 0.216 e. The van der Waals surface area contributed by atoms with E-state index < -0.39 is 0 Å². The van der Waals surface area contributed by atoms with Crippen molar-refractivity contribution >= 4 is 34.4 Å². The molecule has 1 unspecified atom stereocenters. The molecule has 122 valence electrons. The number of H-pyrrole nitrogens is 1. The second-order valence-electron chi connectivity index (χ2n) is 5.07. The number of hydrogen-bond donors (Lipinski definition) is 1. The summed E-state index contributed by atoms with van der Waals surface area (Å²) in [5.41, 5.74) is 0.932. The number of aromatic nitrogens is 3. The molecule has 0 spiro atoms. The van der Waals surface area contributed by atoms with Gasteiger partial charge in [-0.1, -0.05) is 0 Å². The highest BCUT2D eigenvalue weighted by molar-refractivity contribution is 9.10. The van der Waals surface area contributed by atoms with Crippen LogP contribution in [0.15, 0.2) is 27.8 Å². The van der Waals surface area contributed by atoms with E-state index >= 15 is 0 Å². The zero-order chi connectivity index (χ0) is 16.2. The zero-order valence-electron chi connectivity index (χ0n) is 12.7. The summed E-state index contributed by atoms with van der Waals surface area (Å²) >= 11 is 8.75. The third-order valence-electron chi connectivity index (χ3n) is 3.47.